The van der Waals surface area contributed by atoms with Crippen molar-refractivity contribution in [2.45, 2.75) is 24.8 Å². The average Bonchev–Trinajstić information content (AvgIpc) is 3.43. The Labute approximate surface area is 157 Å². The molecular formula is C19H23BrN4O. The number of rotatable bonds is 6. The van der Waals surface area contributed by atoms with Crippen LogP contribution in [-0.2, 0) is 12.0 Å². The molecule has 0 saturated heterocycles. The highest BCUT2D eigenvalue weighted by atomic mass is 79.9. The van der Waals surface area contributed by atoms with Gasteiger partial charge in [0, 0.05) is 42.3 Å². The van der Waals surface area contributed by atoms with E-state index in [-0.39, 0.29) is 5.41 Å². The molecule has 0 atom stereocenters. The summed E-state index contributed by atoms with van der Waals surface area (Å²) in [7, 11) is 3.41. The molecule has 2 N–H and O–H groups in total. The van der Waals surface area contributed by atoms with Gasteiger partial charge in [-0.05, 0) is 36.1 Å². The number of benzene rings is 1. The average molecular weight is 403 g/mol. The second kappa shape index (κ2) is 7.87. The van der Waals surface area contributed by atoms with Crippen LogP contribution in [-0.4, -0.2) is 31.6 Å². The lowest BCUT2D eigenvalue weighted by molar-refractivity contribution is 0.397. The van der Waals surface area contributed by atoms with Gasteiger partial charge in [-0.25, -0.2) is 4.98 Å². The highest BCUT2D eigenvalue weighted by Gasteiger charge is 2.44. The van der Waals surface area contributed by atoms with Gasteiger partial charge in [0.15, 0.2) is 5.96 Å². The van der Waals surface area contributed by atoms with Crippen molar-refractivity contribution < 1.29 is 4.74 Å². The van der Waals surface area contributed by atoms with Crippen LogP contribution in [0.2, 0.25) is 0 Å². The number of methoxy groups -OCH3 is 1. The van der Waals surface area contributed by atoms with Crippen LogP contribution < -0.4 is 15.4 Å². The van der Waals surface area contributed by atoms with Crippen molar-refractivity contribution >= 4 is 21.9 Å². The molecule has 132 valence electrons. The van der Waals surface area contributed by atoms with E-state index in [0.29, 0.717) is 12.4 Å². The molecule has 1 aromatic heterocycles. The van der Waals surface area contributed by atoms with Gasteiger partial charge in [0.1, 0.15) is 0 Å². The van der Waals surface area contributed by atoms with Crippen LogP contribution in [0.4, 0.5) is 0 Å². The van der Waals surface area contributed by atoms with Gasteiger partial charge in [-0.1, -0.05) is 34.1 Å². The lowest BCUT2D eigenvalue weighted by atomic mass is 9.96. The van der Waals surface area contributed by atoms with Crippen molar-refractivity contribution in [3.63, 3.8) is 0 Å². The molecule has 1 heterocycles. The fraction of sp³-hybridized carbons (Fsp3) is 0.368. The highest BCUT2D eigenvalue weighted by molar-refractivity contribution is 9.10. The molecule has 1 aromatic carbocycles. The fourth-order valence-electron chi connectivity index (χ4n) is 2.83. The molecule has 3 rings (SSSR count). The van der Waals surface area contributed by atoms with Crippen LogP contribution in [0.1, 0.15) is 24.0 Å². The van der Waals surface area contributed by atoms with Gasteiger partial charge < -0.3 is 15.4 Å². The second-order valence-corrected chi connectivity index (χ2v) is 7.19. The topological polar surface area (TPSA) is 58.5 Å². The number of ether oxygens (including phenoxy) is 1. The minimum atomic E-state index is 0.225. The monoisotopic (exact) mass is 402 g/mol. The van der Waals surface area contributed by atoms with Gasteiger partial charge in [-0.3, -0.25) is 4.99 Å². The Hall–Kier alpha value is -2.08. The van der Waals surface area contributed by atoms with E-state index in [1.807, 2.05) is 18.3 Å². The maximum absolute atomic E-state index is 5.08. The Balaban J connectivity index is 1.54. The minimum Gasteiger partial charge on any atom is -0.481 e. The number of pyridine rings is 1. The molecule has 0 spiro atoms. The molecule has 2 aromatic rings. The first kappa shape index (κ1) is 17.7. The van der Waals surface area contributed by atoms with Gasteiger partial charge in [0.05, 0.1) is 7.11 Å². The summed E-state index contributed by atoms with van der Waals surface area (Å²) in [5.74, 6) is 1.42. The largest absolute Gasteiger partial charge is 0.481 e. The zero-order chi connectivity index (χ0) is 17.7. The first-order valence-corrected chi connectivity index (χ1v) is 9.14. The predicted molar refractivity (Wildman–Crippen MR) is 104 cm³/mol. The van der Waals surface area contributed by atoms with Crippen molar-refractivity contribution in [2.24, 2.45) is 4.99 Å². The molecule has 0 unspecified atom stereocenters. The summed E-state index contributed by atoms with van der Waals surface area (Å²) < 4.78 is 6.21. The molecular weight excluding hydrogens is 380 g/mol. The summed E-state index contributed by atoms with van der Waals surface area (Å²) >= 11 is 3.57. The number of aromatic nitrogens is 1. The smallest absolute Gasteiger partial charge is 0.212 e. The lowest BCUT2D eigenvalue weighted by Crippen LogP contribution is -2.40. The zero-order valence-corrected chi connectivity index (χ0v) is 16.1. The standard InChI is InChI=1S/C19H23BrN4O/c1-21-18(23-12-14-6-7-17(25-2)22-11-14)24-13-19(8-9-19)15-4-3-5-16(20)10-15/h3-7,10-11H,8-9,12-13H2,1-2H3,(H2,21,23,24). The van der Waals surface area contributed by atoms with Crippen LogP contribution in [0.15, 0.2) is 52.1 Å². The van der Waals surface area contributed by atoms with Crippen LogP contribution >= 0.6 is 15.9 Å². The maximum atomic E-state index is 5.08. The van der Waals surface area contributed by atoms with Crippen molar-refractivity contribution in [1.29, 1.82) is 0 Å². The quantitative estimate of drug-likeness (QED) is 0.574. The lowest BCUT2D eigenvalue weighted by Gasteiger charge is -2.19. The molecule has 0 amide bonds. The van der Waals surface area contributed by atoms with Gasteiger partial charge >= 0.3 is 0 Å². The zero-order valence-electron chi connectivity index (χ0n) is 14.6. The van der Waals surface area contributed by atoms with E-state index >= 15 is 0 Å². The number of halogens is 1. The molecule has 6 heteroatoms. The highest BCUT2D eigenvalue weighted by Crippen LogP contribution is 2.48. The summed E-state index contributed by atoms with van der Waals surface area (Å²) in [5.41, 5.74) is 2.68. The Morgan fingerprint density at radius 2 is 2.12 bits per heavy atom. The molecule has 0 bridgehead atoms. The van der Waals surface area contributed by atoms with E-state index in [9.17, 15) is 0 Å². The van der Waals surface area contributed by atoms with E-state index in [4.69, 9.17) is 4.74 Å². The third-order valence-corrected chi connectivity index (χ3v) is 5.07. The van der Waals surface area contributed by atoms with Crippen LogP contribution in [0.5, 0.6) is 5.88 Å². The number of hydrogen-bond donors (Lipinski definition) is 2. The van der Waals surface area contributed by atoms with E-state index in [2.05, 4.69) is 60.8 Å². The third-order valence-electron chi connectivity index (χ3n) is 4.58. The Morgan fingerprint density at radius 1 is 1.28 bits per heavy atom. The van der Waals surface area contributed by atoms with Crippen LogP contribution in [0.25, 0.3) is 0 Å². The van der Waals surface area contributed by atoms with Gasteiger partial charge in [0.2, 0.25) is 5.88 Å². The SMILES string of the molecule is CN=C(NCc1ccc(OC)nc1)NCC1(c2cccc(Br)c2)CC1. The number of nitrogens with zero attached hydrogens (tertiary/aromatic N) is 2. The summed E-state index contributed by atoms with van der Waals surface area (Å²) in [6.07, 6.45) is 4.22. The van der Waals surface area contributed by atoms with E-state index < -0.39 is 0 Å². The number of hydrogen-bond acceptors (Lipinski definition) is 3. The molecule has 0 aliphatic heterocycles. The van der Waals surface area contributed by atoms with Crippen LogP contribution in [0.3, 0.4) is 0 Å². The van der Waals surface area contributed by atoms with Crippen molar-refractivity contribution in [3.05, 3.63) is 58.2 Å². The number of nitrogens with one attached hydrogen (secondary N) is 2. The van der Waals surface area contributed by atoms with Gasteiger partial charge in [-0.15, -0.1) is 0 Å². The third kappa shape index (κ3) is 4.51. The summed E-state index contributed by atoms with van der Waals surface area (Å²) in [6, 6.07) is 12.4. The van der Waals surface area contributed by atoms with Crippen molar-refractivity contribution in [2.75, 3.05) is 20.7 Å². The normalized spacial score (nSPS) is 15.6. The fourth-order valence-corrected chi connectivity index (χ4v) is 3.23. The predicted octanol–water partition coefficient (Wildman–Crippen LogP) is 3.25. The van der Waals surface area contributed by atoms with Gasteiger partial charge in [-0.2, -0.15) is 0 Å². The maximum Gasteiger partial charge on any atom is 0.212 e. The molecule has 1 saturated carbocycles. The Bertz CT molecular complexity index is 741. The first-order valence-electron chi connectivity index (χ1n) is 8.35. The number of aliphatic imine (C=N–C) groups is 1. The first-order chi connectivity index (χ1) is 12.1. The molecule has 1 fully saturated rings. The van der Waals surface area contributed by atoms with E-state index in [1.54, 1.807) is 14.2 Å². The van der Waals surface area contributed by atoms with E-state index in [0.717, 1.165) is 22.5 Å². The molecule has 25 heavy (non-hydrogen) atoms. The minimum absolute atomic E-state index is 0.225. The Morgan fingerprint density at radius 3 is 2.72 bits per heavy atom. The summed E-state index contributed by atoms with van der Waals surface area (Å²) in [6.45, 7) is 1.55. The summed E-state index contributed by atoms with van der Waals surface area (Å²) in [4.78, 5) is 8.54. The summed E-state index contributed by atoms with van der Waals surface area (Å²) in [5, 5.41) is 6.80. The second-order valence-electron chi connectivity index (χ2n) is 6.28. The van der Waals surface area contributed by atoms with Gasteiger partial charge in [0.25, 0.3) is 0 Å². The van der Waals surface area contributed by atoms with Crippen molar-refractivity contribution in [3.8, 4) is 5.88 Å². The Kier molecular flexibility index (Phi) is 5.58. The van der Waals surface area contributed by atoms with Crippen LogP contribution in [0, 0.1) is 0 Å². The molecule has 1 aliphatic carbocycles. The molecule has 0 radical (unpaired) electrons. The molecule has 1 aliphatic rings. The number of guanidine groups is 1. The van der Waals surface area contributed by atoms with Crippen molar-refractivity contribution in [1.82, 2.24) is 15.6 Å². The van der Waals surface area contributed by atoms with E-state index in [1.165, 1.54) is 18.4 Å². The molecule has 5 nitrogen and oxygen atoms in total.